The molecule has 0 fully saturated rings. The summed E-state index contributed by atoms with van der Waals surface area (Å²) >= 11 is 6.21. The molecule has 1 aromatic carbocycles. The van der Waals surface area contributed by atoms with E-state index in [1.165, 1.54) is 0 Å². The topological polar surface area (TPSA) is 95.5 Å². The first-order chi connectivity index (χ1) is 11.4. The fourth-order valence-electron chi connectivity index (χ4n) is 2.31. The monoisotopic (exact) mass is 348 g/mol. The molecule has 0 heterocycles. The highest BCUT2D eigenvalue weighted by atomic mass is 35.5. The zero-order valence-electron chi connectivity index (χ0n) is 13.1. The van der Waals surface area contributed by atoms with Crippen LogP contribution in [0.1, 0.15) is 26.2 Å². The Morgan fingerprint density at radius 3 is 2.67 bits per heavy atom. The number of hydrogen-bond donors (Lipinski definition) is 3. The molecule has 3 N–H and O–H groups in total. The van der Waals surface area contributed by atoms with Crippen LogP contribution < -0.4 is 10.6 Å². The third-order valence-electron chi connectivity index (χ3n) is 3.60. The van der Waals surface area contributed by atoms with Crippen LogP contribution in [0.4, 0.5) is 11.4 Å². The number of rotatable bonds is 5. The van der Waals surface area contributed by atoms with Crippen LogP contribution in [-0.4, -0.2) is 22.8 Å². The molecule has 6 nitrogen and oxygen atoms in total. The number of amides is 1. The summed E-state index contributed by atoms with van der Waals surface area (Å²) in [6.07, 6.45) is 3.83. The number of hydrogen-bond acceptors (Lipinski definition) is 4. The molecule has 2 rings (SSSR count). The van der Waals surface area contributed by atoms with Crippen molar-refractivity contribution >= 4 is 40.6 Å². The molecule has 0 bridgehead atoms. The molecule has 24 heavy (non-hydrogen) atoms. The number of allylic oxidation sites excluding steroid dienone is 2. The Labute approximate surface area is 144 Å². The van der Waals surface area contributed by atoms with E-state index in [0.717, 1.165) is 30.7 Å². The minimum atomic E-state index is -1.20. The lowest BCUT2D eigenvalue weighted by Crippen LogP contribution is -2.14. The van der Waals surface area contributed by atoms with Crippen LogP contribution in [0.25, 0.3) is 0 Å². The van der Waals surface area contributed by atoms with E-state index in [9.17, 15) is 14.4 Å². The van der Waals surface area contributed by atoms with Crippen molar-refractivity contribution in [3.8, 4) is 0 Å². The minimum absolute atomic E-state index is 0.133. The van der Waals surface area contributed by atoms with Crippen LogP contribution in [0.5, 0.6) is 0 Å². The number of ketones is 1. The quantitative estimate of drug-likeness (QED) is 0.709. The van der Waals surface area contributed by atoms with Gasteiger partial charge in [0.15, 0.2) is 5.78 Å². The summed E-state index contributed by atoms with van der Waals surface area (Å²) < 4.78 is 0. The number of benzene rings is 1. The maximum atomic E-state index is 11.7. The average Bonchev–Trinajstić information content (AvgIpc) is 2.52. The van der Waals surface area contributed by atoms with Crippen molar-refractivity contribution in [2.75, 3.05) is 10.6 Å². The van der Waals surface area contributed by atoms with Crippen LogP contribution in [0.2, 0.25) is 5.02 Å². The van der Waals surface area contributed by atoms with Crippen LogP contribution >= 0.6 is 11.6 Å². The Morgan fingerprint density at radius 2 is 2.00 bits per heavy atom. The van der Waals surface area contributed by atoms with E-state index in [0.29, 0.717) is 28.4 Å². The number of carboxylic acids is 1. The van der Waals surface area contributed by atoms with E-state index in [2.05, 4.69) is 10.6 Å². The average molecular weight is 349 g/mol. The van der Waals surface area contributed by atoms with Gasteiger partial charge in [-0.3, -0.25) is 9.59 Å². The molecule has 0 saturated heterocycles. The molecule has 1 aliphatic rings. The van der Waals surface area contributed by atoms with Gasteiger partial charge in [0, 0.05) is 35.5 Å². The summed E-state index contributed by atoms with van der Waals surface area (Å²) in [6.45, 7) is 1.79. The molecular formula is C17H17ClN2O4. The number of carbonyl (C=O) groups is 3. The maximum absolute atomic E-state index is 11.7. The van der Waals surface area contributed by atoms with E-state index in [1.807, 2.05) is 0 Å². The minimum Gasteiger partial charge on any atom is -0.478 e. The Bertz CT molecular complexity index is 753. The number of nitrogens with one attached hydrogen (secondary N) is 2. The Hall–Kier alpha value is -2.60. The molecule has 1 aliphatic carbocycles. The highest BCUT2D eigenvalue weighted by molar-refractivity contribution is 6.33. The Balaban J connectivity index is 2.10. The van der Waals surface area contributed by atoms with Crippen molar-refractivity contribution < 1.29 is 19.5 Å². The predicted molar refractivity (Wildman–Crippen MR) is 92.0 cm³/mol. The fraction of sp³-hybridized carbons (Fsp3) is 0.235. The molecular weight excluding hydrogens is 332 g/mol. The standard InChI is InChI=1S/C17H17ClN2O4/c1-10-13(3-2-4-15(10)21)20-14-6-5-11(9-12(14)18)19-16(22)7-8-17(23)24/h5-9,20H,2-4H2,1H3,(H,19,22)(H,23,24)/b8-7-. The van der Waals surface area contributed by atoms with Crippen LogP contribution in [-0.2, 0) is 14.4 Å². The molecule has 0 atom stereocenters. The molecule has 126 valence electrons. The maximum Gasteiger partial charge on any atom is 0.328 e. The molecule has 0 unspecified atom stereocenters. The second kappa shape index (κ2) is 7.79. The van der Waals surface area contributed by atoms with E-state index in [-0.39, 0.29) is 5.78 Å². The lowest BCUT2D eigenvalue weighted by Gasteiger charge is -2.19. The van der Waals surface area contributed by atoms with Gasteiger partial charge in [0.05, 0.1) is 10.7 Å². The van der Waals surface area contributed by atoms with Crippen molar-refractivity contribution in [1.82, 2.24) is 0 Å². The number of anilines is 2. The van der Waals surface area contributed by atoms with Crippen molar-refractivity contribution in [3.05, 3.63) is 46.6 Å². The Morgan fingerprint density at radius 1 is 1.25 bits per heavy atom. The summed E-state index contributed by atoms with van der Waals surface area (Å²) in [5.41, 5.74) is 2.65. The van der Waals surface area contributed by atoms with Gasteiger partial charge in [0.2, 0.25) is 5.91 Å². The van der Waals surface area contributed by atoms with Crippen LogP contribution in [0.3, 0.4) is 0 Å². The van der Waals surface area contributed by atoms with Crippen LogP contribution in [0, 0.1) is 0 Å². The van der Waals surface area contributed by atoms with Crippen molar-refractivity contribution in [2.24, 2.45) is 0 Å². The zero-order valence-corrected chi connectivity index (χ0v) is 13.8. The van der Waals surface area contributed by atoms with Crippen molar-refractivity contribution in [3.63, 3.8) is 0 Å². The molecule has 0 aliphatic heterocycles. The normalized spacial score (nSPS) is 14.8. The third kappa shape index (κ3) is 4.70. The summed E-state index contributed by atoms with van der Waals surface area (Å²) in [5, 5.41) is 14.6. The van der Waals surface area contributed by atoms with Crippen LogP contribution in [0.15, 0.2) is 41.6 Å². The van der Waals surface area contributed by atoms with E-state index in [1.54, 1.807) is 25.1 Å². The lowest BCUT2D eigenvalue weighted by molar-refractivity contribution is -0.131. The van der Waals surface area contributed by atoms with Crippen molar-refractivity contribution in [1.29, 1.82) is 0 Å². The molecule has 1 amide bonds. The molecule has 0 radical (unpaired) electrons. The number of halogens is 1. The SMILES string of the molecule is CC1=C(Nc2ccc(NC(=O)/C=C\C(=O)O)cc2Cl)CCCC1=O. The first-order valence-corrected chi connectivity index (χ1v) is 7.76. The van der Waals surface area contributed by atoms with E-state index in [4.69, 9.17) is 16.7 Å². The van der Waals surface area contributed by atoms with Crippen molar-refractivity contribution in [2.45, 2.75) is 26.2 Å². The third-order valence-corrected chi connectivity index (χ3v) is 3.91. The highest BCUT2D eigenvalue weighted by Gasteiger charge is 2.17. The zero-order chi connectivity index (χ0) is 17.7. The number of carbonyl (C=O) groups excluding carboxylic acids is 2. The van der Waals surface area contributed by atoms with Gasteiger partial charge >= 0.3 is 5.97 Å². The Kier molecular flexibility index (Phi) is 5.76. The summed E-state index contributed by atoms with van der Waals surface area (Å²) in [6, 6.07) is 4.89. The summed E-state index contributed by atoms with van der Waals surface area (Å²) in [7, 11) is 0. The summed E-state index contributed by atoms with van der Waals surface area (Å²) in [4.78, 5) is 33.7. The second-order valence-corrected chi connectivity index (χ2v) is 5.77. The van der Waals surface area contributed by atoms with Gasteiger partial charge in [-0.15, -0.1) is 0 Å². The fourth-order valence-corrected chi connectivity index (χ4v) is 2.54. The first-order valence-electron chi connectivity index (χ1n) is 7.38. The van der Waals surface area contributed by atoms with Gasteiger partial charge in [-0.25, -0.2) is 4.79 Å². The number of Topliss-reactive ketones (excluding diaryl/α,β-unsaturated/α-hetero) is 1. The molecule has 1 aromatic rings. The highest BCUT2D eigenvalue weighted by Crippen LogP contribution is 2.30. The summed E-state index contributed by atoms with van der Waals surface area (Å²) in [5.74, 6) is -1.63. The van der Waals surface area contributed by atoms with Gasteiger partial charge in [0.25, 0.3) is 0 Å². The lowest BCUT2D eigenvalue weighted by atomic mass is 9.96. The van der Waals surface area contributed by atoms with Gasteiger partial charge in [-0.05, 0) is 38.0 Å². The van der Waals surface area contributed by atoms with E-state index < -0.39 is 11.9 Å². The van der Waals surface area contributed by atoms with Gasteiger partial charge in [0.1, 0.15) is 0 Å². The molecule has 0 spiro atoms. The largest absolute Gasteiger partial charge is 0.478 e. The number of carboxylic acid groups (broad SMARTS) is 1. The van der Waals surface area contributed by atoms with Gasteiger partial charge in [-0.1, -0.05) is 11.6 Å². The van der Waals surface area contributed by atoms with Gasteiger partial charge < -0.3 is 15.7 Å². The molecule has 0 saturated carbocycles. The number of aliphatic carboxylic acids is 1. The second-order valence-electron chi connectivity index (χ2n) is 5.36. The molecule has 7 heteroatoms. The smallest absolute Gasteiger partial charge is 0.328 e. The molecule has 0 aromatic heterocycles. The van der Waals surface area contributed by atoms with Gasteiger partial charge in [-0.2, -0.15) is 0 Å². The van der Waals surface area contributed by atoms with E-state index >= 15 is 0 Å². The first kappa shape index (κ1) is 17.7. The predicted octanol–water partition coefficient (Wildman–Crippen LogP) is 3.36.